The molecule has 2 heterocycles. The number of hydrogen-bond acceptors (Lipinski definition) is 4. The molecule has 0 amide bonds. The highest BCUT2D eigenvalue weighted by Crippen LogP contribution is 2.19. The Balaban J connectivity index is 2.70. The van der Waals surface area contributed by atoms with Gasteiger partial charge in [0.1, 0.15) is 17.7 Å². The molecule has 0 aliphatic carbocycles. The van der Waals surface area contributed by atoms with Crippen LogP contribution in [0.3, 0.4) is 0 Å². The monoisotopic (exact) mass is 149 g/mol. The maximum absolute atomic E-state index is 4.93. The van der Waals surface area contributed by atoms with Gasteiger partial charge in [-0.1, -0.05) is 12.2 Å². The minimum Gasteiger partial charge on any atom is -0.251 e. The normalized spacial score (nSPS) is 13.8. The van der Waals surface area contributed by atoms with Gasteiger partial charge >= 0.3 is 0 Å². The average Bonchev–Trinajstić information content (AvgIpc) is 2.34. The number of aliphatic imine (C=N–C) groups is 1. The summed E-state index contributed by atoms with van der Waals surface area (Å²) in [4.78, 5) is 12.5. The van der Waals surface area contributed by atoms with E-state index in [1.54, 1.807) is 12.4 Å². The van der Waals surface area contributed by atoms with Crippen LogP contribution >= 0.6 is 12.2 Å². The van der Waals surface area contributed by atoms with Crippen LogP contribution in [0.25, 0.3) is 0 Å². The first-order valence-electron chi connectivity index (χ1n) is 2.76. The summed E-state index contributed by atoms with van der Waals surface area (Å²) in [6, 6.07) is 0. The summed E-state index contributed by atoms with van der Waals surface area (Å²) >= 11 is 4.93. The molecule has 0 spiro atoms. The lowest BCUT2D eigenvalue weighted by Crippen LogP contribution is -1.95. The Labute approximate surface area is 62.8 Å². The first kappa shape index (κ1) is 5.61. The molecule has 1 aliphatic rings. The summed E-state index contributed by atoms with van der Waals surface area (Å²) in [5.41, 5.74) is 1.54. The van der Waals surface area contributed by atoms with Crippen LogP contribution in [-0.4, -0.2) is 21.0 Å². The topological polar surface area (TPSA) is 38.1 Å². The first-order valence-corrected chi connectivity index (χ1v) is 3.17. The van der Waals surface area contributed by atoms with Crippen LogP contribution in [0.2, 0.25) is 0 Å². The van der Waals surface area contributed by atoms with Crippen molar-refractivity contribution in [2.45, 2.75) is 0 Å². The molecule has 1 aromatic heterocycles. The lowest BCUT2D eigenvalue weighted by atomic mass is 10.3. The van der Waals surface area contributed by atoms with E-state index in [0.29, 0.717) is 4.86 Å². The van der Waals surface area contributed by atoms with Gasteiger partial charge in [-0.25, -0.2) is 9.97 Å². The van der Waals surface area contributed by atoms with E-state index in [9.17, 15) is 0 Å². The number of aromatic nitrogens is 2. The van der Waals surface area contributed by atoms with Gasteiger partial charge in [-0.2, -0.15) is 0 Å². The maximum Gasteiger partial charge on any atom is 0.116 e. The van der Waals surface area contributed by atoms with Crippen molar-refractivity contribution >= 4 is 29.0 Å². The number of fused-ring (bicyclic) bond motifs is 1. The molecule has 10 heavy (non-hydrogen) atoms. The Bertz CT molecular complexity index is 319. The molecular formula is C6H3N3S. The van der Waals surface area contributed by atoms with Crippen LogP contribution in [0.1, 0.15) is 5.69 Å². The van der Waals surface area contributed by atoms with Crippen LogP contribution in [0, 0.1) is 0 Å². The molecule has 0 fully saturated rings. The lowest BCUT2D eigenvalue weighted by Gasteiger charge is -1.90. The van der Waals surface area contributed by atoms with Gasteiger partial charge in [0, 0.05) is 6.21 Å². The molecule has 1 aliphatic heterocycles. The van der Waals surface area contributed by atoms with Crippen LogP contribution in [-0.2, 0) is 0 Å². The molecule has 0 saturated carbocycles. The van der Waals surface area contributed by atoms with Crippen molar-refractivity contribution in [2.75, 3.05) is 0 Å². The summed E-state index contributed by atoms with van der Waals surface area (Å²) in [6.45, 7) is 0. The van der Waals surface area contributed by atoms with Crippen molar-refractivity contribution in [3.63, 3.8) is 0 Å². The van der Waals surface area contributed by atoms with Crippen molar-refractivity contribution in [3.05, 3.63) is 18.2 Å². The Morgan fingerprint density at radius 3 is 3.10 bits per heavy atom. The molecule has 3 nitrogen and oxygen atoms in total. The molecule has 0 N–H and O–H groups in total. The van der Waals surface area contributed by atoms with Gasteiger partial charge in [0.15, 0.2) is 0 Å². The molecule has 0 radical (unpaired) electrons. The van der Waals surface area contributed by atoms with Crippen molar-refractivity contribution in [1.82, 2.24) is 9.97 Å². The van der Waals surface area contributed by atoms with Gasteiger partial charge in [-0.3, -0.25) is 4.99 Å². The van der Waals surface area contributed by atoms with Gasteiger partial charge < -0.3 is 0 Å². The van der Waals surface area contributed by atoms with E-state index in [4.69, 9.17) is 12.2 Å². The largest absolute Gasteiger partial charge is 0.251 e. The van der Waals surface area contributed by atoms with Gasteiger partial charge in [0.25, 0.3) is 0 Å². The third kappa shape index (κ3) is 0.657. The van der Waals surface area contributed by atoms with E-state index in [0.717, 1.165) is 11.4 Å². The van der Waals surface area contributed by atoms with Gasteiger partial charge in [-0.05, 0) is 0 Å². The van der Waals surface area contributed by atoms with Crippen molar-refractivity contribution < 1.29 is 0 Å². The fourth-order valence-corrected chi connectivity index (χ4v) is 1.01. The molecule has 0 atom stereocenters. The Morgan fingerprint density at radius 2 is 2.30 bits per heavy atom. The third-order valence-corrected chi connectivity index (χ3v) is 1.55. The zero-order valence-electron chi connectivity index (χ0n) is 4.98. The molecule has 0 bridgehead atoms. The third-order valence-electron chi connectivity index (χ3n) is 1.25. The number of thiocarbonyl (C=S) groups is 1. The van der Waals surface area contributed by atoms with E-state index in [-0.39, 0.29) is 0 Å². The Kier molecular flexibility index (Phi) is 1.07. The second-order valence-corrected chi connectivity index (χ2v) is 2.32. The minimum atomic E-state index is 0.692. The summed E-state index contributed by atoms with van der Waals surface area (Å²) < 4.78 is 0. The van der Waals surface area contributed by atoms with Crippen molar-refractivity contribution in [1.29, 1.82) is 0 Å². The van der Waals surface area contributed by atoms with Crippen LogP contribution in [0.15, 0.2) is 17.5 Å². The second kappa shape index (κ2) is 1.91. The second-order valence-electron chi connectivity index (χ2n) is 1.88. The van der Waals surface area contributed by atoms with E-state index in [1.165, 1.54) is 6.33 Å². The SMILES string of the molecule is S=C1C=Nc2cncnc21. The maximum atomic E-state index is 4.93. The van der Waals surface area contributed by atoms with Crippen molar-refractivity contribution in [2.24, 2.45) is 4.99 Å². The highest BCUT2D eigenvalue weighted by molar-refractivity contribution is 7.82. The van der Waals surface area contributed by atoms with Crippen molar-refractivity contribution in [3.8, 4) is 0 Å². The summed E-state index contributed by atoms with van der Waals surface area (Å²) in [6.07, 6.45) is 4.74. The van der Waals surface area contributed by atoms with Crippen LogP contribution in [0.4, 0.5) is 5.69 Å². The summed E-state index contributed by atoms with van der Waals surface area (Å²) in [5, 5.41) is 0. The lowest BCUT2D eigenvalue weighted by molar-refractivity contribution is 1.15. The zero-order valence-corrected chi connectivity index (χ0v) is 5.80. The van der Waals surface area contributed by atoms with Gasteiger partial charge in [-0.15, -0.1) is 0 Å². The van der Waals surface area contributed by atoms with Gasteiger partial charge in [0.2, 0.25) is 0 Å². The van der Waals surface area contributed by atoms with E-state index in [2.05, 4.69) is 15.0 Å². The van der Waals surface area contributed by atoms with E-state index in [1.807, 2.05) is 0 Å². The molecule has 1 aromatic rings. The molecule has 0 unspecified atom stereocenters. The Morgan fingerprint density at radius 1 is 1.40 bits per heavy atom. The number of nitrogens with zero attached hydrogens (tertiary/aromatic N) is 3. The molecule has 2 rings (SSSR count). The number of hydrogen-bond donors (Lipinski definition) is 0. The van der Waals surface area contributed by atoms with Crippen LogP contribution in [0.5, 0.6) is 0 Å². The predicted octanol–water partition coefficient (Wildman–Crippen LogP) is 0.910. The molecular weight excluding hydrogens is 146 g/mol. The first-order chi connectivity index (χ1) is 4.88. The highest BCUT2D eigenvalue weighted by atomic mass is 32.1. The average molecular weight is 149 g/mol. The van der Waals surface area contributed by atoms with Crippen LogP contribution < -0.4 is 0 Å². The molecule has 4 heteroatoms. The molecule has 0 aromatic carbocycles. The smallest absolute Gasteiger partial charge is 0.116 e. The fraction of sp³-hybridized carbons (Fsp3) is 0. The fourth-order valence-electron chi connectivity index (χ4n) is 0.796. The van der Waals surface area contributed by atoms with E-state index < -0.39 is 0 Å². The molecule has 48 valence electrons. The zero-order chi connectivity index (χ0) is 6.97. The quantitative estimate of drug-likeness (QED) is 0.514. The number of rotatable bonds is 0. The highest BCUT2D eigenvalue weighted by Gasteiger charge is 2.11. The van der Waals surface area contributed by atoms with E-state index >= 15 is 0 Å². The predicted molar refractivity (Wildman–Crippen MR) is 41.9 cm³/mol. The molecule has 0 saturated heterocycles. The standard InChI is InChI=1S/C6H3N3S/c10-5-2-8-4-1-7-3-9-6(4)5/h1-3H. The van der Waals surface area contributed by atoms with Gasteiger partial charge in [0.05, 0.1) is 11.1 Å². The minimum absolute atomic E-state index is 0.692. The summed E-state index contributed by atoms with van der Waals surface area (Å²) in [5.74, 6) is 0. The summed E-state index contributed by atoms with van der Waals surface area (Å²) in [7, 11) is 0. The Hall–Kier alpha value is -1.16.